The van der Waals surface area contributed by atoms with E-state index in [2.05, 4.69) is 12.2 Å². The molecule has 0 radical (unpaired) electrons. The fourth-order valence-electron chi connectivity index (χ4n) is 4.72. The zero-order valence-corrected chi connectivity index (χ0v) is 25.7. The lowest BCUT2D eigenvalue weighted by Gasteiger charge is -2.32. The molecule has 8 nitrogen and oxygen atoms in total. The maximum absolute atomic E-state index is 13.9. The summed E-state index contributed by atoms with van der Waals surface area (Å²) in [6.07, 6.45) is 3.71. The smallest absolute Gasteiger partial charge is 0.243 e. The van der Waals surface area contributed by atoms with E-state index >= 15 is 0 Å². The Morgan fingerprint density at radius 3 is 2.05 bits per heavy atom. The molecule has 0 fully saturated rings. The molecule has 42 heavy (non-hydrogen) atoms. The third kappa shape index (κ3) is 10.2. The van der Waals surface area contributed by atoms with E-state index in [1.165, 1.54) is 4.31 Å². The van der Waals surface area contributed by atoms with E-state index in [1.807, 2.05) is 67.6 Å². The number of nitrogens with one attached hydrogen (secondary N) is 1. The van der Waals surface area contributed by atoms with Crippen LogP contribution < -0.4 is 14.4 Å². The van der Waals surface area contributed by atoms with E-state index in [4.69, 9.17) is 4.74 Å². The van der Waals surface area contributed by atoms with Crippen molar-refractivity contribution in [3.63, 3.8) is 0 Å². The minimum Gasteiger partial charge on any atom is -0.494 e. The molecule has 0 bridgehead atoms. The van der Waals surface area contributed by atoms with Crippen LogP contribution in [0, 0.1) is 0 Å². The van der Waals surface area contributed by atoms with Gasteiger partial charge < -0.3 is 15.0 Å². The number of hydrogen-bond acceptors (Lipinski definition) is 5. The van der Waals surface area contributed by atoms with Gasteiger partial charge in [-0.3, -0.25) is 13.9 Å². The van der Waals surface area contributed by atoms with E-state index in [0.29, 0.717) is 37.4 Å². The first kappa shape index (κ1) is 32.7. The quantitative estimate of drug-likeness (QED) is 0.218. The number of carbonyl (C=O) groups excluding carboxylic acids is 2. The van der Waals surface area contributed by atoms with Crippen molar-refractivity contribution in [2.45, 2.75) is 58.5 Å². The molecule has 9 heteroatoms. The first-order valence-electron chi connectivity index (χ1n) is 14.6. The third-order valence-corrected chi connectivity index (χ3v) is 8.08. The average Bonchev–Trinajstić information content (AvgIpc) is 2.98. The highest BCUT2D eigenvalue weighted by Crippen LogP contribution is 2.23. The Hall–Kier alpha value is -3.85. The van der Waals surface area contributed by atoms with Crippen molar-refractivity contribution in [3.8, 4) is 5.75 Å². The van der Waals surface area contributed by atoms with Crippen molar-refractivity contribution in [3.05, 3.63) is 96.1 Å². The minimum atomic E-state index is -3.59. The highest BCUT2D eigenvalue weighted by Gasteiger charge is 2.30. The zero-order valence-electron chi connectivity index (χ0n) is 24.9. The van der Waals surface area contributed by atoms with E-state index < -0.39 is 16.1 Å². The summed E-state index contributed by atoms with van der Waals surface area (Å²) in [4.78, 5) is 29.0. The molecule has 3 aromatic rings. The van der Waals surface area contributed by atoms with Crippen molar-refractivity contribution < 1.29 is 22.7 Å². The number of carbonyl (C=O) groups is 2. The summed E-state index contributed by atoms with van der Waals surface area (Å²) in [6.45, 7) is 5.40. The second kappa shape index (κ2) is 16.6. The number of nitrogens with zero attached hydrogens (tertiary/aromatic N) is 2. The van der Waals surface area contributed by atoms with Crippen LogP contribution in [0.25, 0.3) is 0 Å². The third-order valence-electron chi connectivity index (χ3n) is 6.88. The molecule has 0 aromatic heterocycles. The van der Waals surface area contributed by atoms with Gasteiger partial charge in [0.25, 0.3) is 0 Å². The van der Waals surface area contributed by atoms with Crippen LogP contribution in [0.3, 0.4) is 0 Å². The van der Waals surface area contributed by atoms with Gasteiger partial charge in [-0.1, -0.05) is 74.0 Å². The van der Waals surface area contributed by atoms with Crippen molar-refractivity contribution in [1.29, 1.82) is 0 Å². The highest BCUT2D eigenvalue weighted by atomic mass is 32.2. The van der Waals surface area contributed by atoms with Gasteiger partial charge in [0.05, 0.1) is 18.6 Å². The van der Waals surface area contributed by atoms with Gasteiger partial charge >= 0.3 is 0 Å². The van der Waals surface area contributed by atoms with Crippen LogP contribution in [0.15, 0.2) is 84.9 Å². The summed E-state index contributed by atoms with van der Waals surface area (Å²) in [6, 6.07) is 25.4. The van der Waals surface area contributed by atoms with Crippen LogP contribution in [0.1, 0.15) is 50.7 Å². The van der Waals surface area contributed by atoms with E-state index in [0.717, 1.165) is 30.2 Å². The Bertz CT molecular complexity index is 1350. The van der Waals surface area contributed by atoms with Gasteiger partial charge in [-0.05, 0) is 55.2 Å². The summed E-state index contributed by atoms with van der Waals surface area (Å²) in [7, 11) is -3.59. The highest BCUT2D eigenvalue weighted by molar-refractivity contribution is 7.92. The Balaban J connectivity index is 1.82. The molecule has 0 aliphatic heterocycles. The number of benzene rings is 3. The summed E-state index contributed by atoms with van der Waals surface area (Å²) in [5.41, 5.74) is 2.38. The van der Waals surface area contributed by atoms with Gasteiger partial charge in [0, 0.05) is 32.5 Å². The first-order chi connectivity index (χ1) is 20.2. The van der Waals surface area contributed by atoms with E-state index in [1.54, 1.807) is 29.2 Å². The predicted molar refractivity (Wildman–Crippen MR) is 168 cm³/mol. The molecule has 1 atom stereocenters. The number of unbranched alkanes of at least 4 members (excludes halogenated alkanes) is 1. The molecule has 1 N–H and O–H groups in total. The maximum Gasteiger partial charge on any atom is 0.243 e. The molecule has 2 amide bonds. The standard InChI is InChI=1S/C33H43N3O5S/c1-4-6-23-34-33(38)31(25-27-14-9-7-10-15-27)35(26-28-16-11-8-12-17-28)32(37)18-13-24-36(42(3,39)40)29-19-21-30(22-20-29)41-5-2/h7-12,14-17,19-22,31H,4-6,13,18,23-26H2,1-3H3,(H,34,38). The second-order valence-corrected chi connectivity index (χ2v) is 12.1. The Morgan fingerprint density at radius 2 is 1.48 bits per heavy atom. The molecular weight excluding hydrogens is 550 g/mol. The van der Waals surface area contributed by atoms with E-state index in [9.17, 15) is 18.0 Å². The van der Waals surface area contributed by atoms with Crippen LogP contribution in [0.4, 0.5) is 5.69 Å². The number of hydrogen-bond donors (Lipinski definition) is 1. The van der Waals surface area contributed by atoms with Gasteiger partial charge in [-0.25, -0.2) is 8.42 Å². The lowest BCUT2D eigenvalue weighted by Crippen LogP contribution is -2.50. The molecule has 1 unspecified atom stereocenters. The largest absolute Gasteiger partial charge is 0.494 e. The minimum absolute atomic E-state index is 0.0867. The molecule has 0 saturated carbocycles. The number of sulfonamides is 1. The van der Waals surface area contributed by atoms with Crippen LogP contribution in [0.2, 0.25) is 0 Å². The fourth-order valence-corrected chi connectivity index (χ4v) is 5.68. The molecule has 0 aliphatic rings. The Morgan fingerprint density at radius 1 is 0.857 bits per heavy atom. The Kier molecular flexibility index (Phi) is 12.9. The Labute approximate surface area is 250 Å². The summed E-state index contributed by atoms with van der Waals surface area (Å²) in [5.74, 6) is 0.261. The summed E-state index contributed by atoms with van der Waals surface area (Å²) >= 11 is 0. The fraction of sp³-hybridized carbons (Fsp3) is 0.394. The second-order valence-electron chi connectivity index (χ2n) is 10.2. The number of rotatable bonds is 17. The monoisotopic (exact) mass is 593 g/mol. The lowest BCUT2D eigenvalue weighted by molar-refractivity contribution is -0.141. The zero-order chi connectivity index (χ0) is 30.4. The topological polar surface area (TPSA) is 96.0 Å². The van der Waals surface area contributed by atoms with Gasteiger partial charge in [0.1, 0.15) is 11.8 Å². The van der Waals surface area contributed by atoms with Crippen molar-refractivity contribution in [2.75, 3.05) is 30.3 Å². The number of ether oxygens (including phenoxy) is 1. The van der Waals surface area contributed by atoms with Gasteiger partial charge in [-0.2, -0.15) is 0 Å². The summed E-state index contributed by atoms with van der Waals surface area (Å²) < 4.78 is 32.1. The van der Waals surface area contributed by atoms with Crippen molar-refractivity contribution in [1.82, 2.24) is 10.2 Å². The average molecular weight is 594 g/mol. The molecule has 3 aromatic carbocycles. The predicted octanol–water partition coefficient (Wildman–Crippen LogP) is 5.19. The van der Waals surface area contributed by atoms with Crippen molar-refractivity contribution in [2.24, 2.45) is 0 Å². The number of anilines is 1. The molecule has 0 heterocycles. The lowest BCUT2D eigenvalue weighted by atomic mass is 10.0. The normalized spacial score (nSPS) is 11.9. The van der Waals surface area contributed by atoms with Gasteiger partial charge in [0.2, 0.25) is 21.8 Å². The molecule has 0 aliphatic carbocycles. The molecule has 0 spiro atoms. The van der Waals surface area contributed by atoms with Crippen molar-refractivity contribution >= 4 is 27.5 Å². The van der Waals surface area contributed by atoms with Crippen LogP contribution in [-0.2, 0) is 32.6 Å². The SMILES string of the molecule is CCCCNC(=O)C(Cc1ccccc1)N(Cc1ccccc1)C(=O)CCCN(c1ccc(OCC)cc1)S(C)(=O)=O. The number of amides is 2. The van der Waals surface area contributed by atoms with E-state index in [-0.39, 0.29) is 31.3 Å². The van der Waals surface area contributed by atoms with Gasteiger partial charge in [-0.15, -0.1) is 0 Å². The molecule has 3 rings (SSSR count). The maximum atomic E-state index is 13.9. The molecular formula is C33H43N3O5S. The molecule has 226 valence electrons. The van der Waals surface area contributed by atoms with Crippen LogP contribution >= 0.6 is 0 Å². The summed E-state index contributed by atoms with van der Waals surface area (Å²) in [5, 5.41) is 3.02. The van der Waals surface area contributed by atoms with Crippen LogP contribution in [-0.4, -0.2) is 57.1 Å². The molecule has 0 saturated heterocycles. The first-order valence-corrected chi connectivity index (χ1v) is 16.4. The van der Waals surface area contributed by atoms with Gasteiger partial charge in [0.15, 0.2) is 0 Å². The van der Waals surface area contributed by atoms with Crippen LogP contribution in [0.5, 0.6) is 5.75 Å².